The largest absolute Gasteiger partial charge is 0.494 e. The standard InChI is InChI=1S/C20H17ClN4O3/c21-14-8-6-13(7-9-14)15-10-16(24-23-15)17-18(26)22-20(28)25(19(17)27)11-12-4-2-1-3-5-12/h1-9,15,23,27H,10-11H2,(H,22,26,28)/t15-/m0/s1. The van der Waals surface area contributed by atoms with Crippen molar-refractivity contribution in [2.45, 2.75) is 19.0 Å². The van der Waals surface area contributed by atoms with Crippen LogP contribution in [0, 0.1) is 0 Å². The van der Waals surface area contributed by atoms with Crippen LogP contribution in [0.3, 0.4) is 0 Å². The third kappa shape index (κ3) is 3.44. The minimum Gasteiger partial charge on any atom is -0.494 e. The quantitative estimate of drug-likeness (QED) is 0.630. The fourth-order valence-corrected chi connectivity index (χ4v) is 3.34. The van der Waals surface area contributed by atoms with Gasteiger partial charge in [0.25, 0.3) is 5.56 Å². The van der Waals surface area contributed by atoms with Crippen molar-refractivity contribution in [2.75, 3.05) is 0 Å². The molecule has 3 aromatic rings. The lowest BCUT2D eigenvalue weighted by molar-refractivity contribution is 0.408. The van der Waals surface area contributed by atoms with Gasteiger partial charge in [0.15, 0.2) is 0 Å². The Balaban J connectivity index is 1.66. The summed E-state index contributed by atoms with van der Waals surface area (Å²) in [6.45, 7) is 0.136. The van der Waals surface area contributed by atoms with E-state index in [2.05, 4.69) is 15.5 Å². The molecule has 2 aromatic carbocycles. The van der Waals surface area contributed by atoms with Crippen LogP contribution in [-0.4, -0.2) is 20.4 Å². The number of aromatic amines is 1. The first kappa shape index (κ1) is 18.1. The van der Waals surface area contributed by atoms with Gasteiger partial charge < -0.3 is 10.5 Å². The van der Waals surface area contributed by atoms with Crippen LogP contribution >= 0.6 is 11.6 Å². The second kappa shape index (κ2) is 7.36. The number of halogens is 1. The summed E-state index contributed by atoms with van der Waals surface area (Å²) in [7, 11) is 0. The molecule has 0 spiro atoms. The SMILES string of the molecule is O=c1[nH]c(=O)n(Cc2ccccc2)c(O)c1C1=NN[C@H](c2ccc(Cl)cc2)C1. The topological polar surface area (TPSA) is 99.5 Å². The summed E-state index contributed by atoms with van der Waals surface area (Å²) in [6, 6.07) is 16.4. The summed E-state index contributed by atoms with van der Waals surface area (Å²) in [6.07, 6.45) is 0.391. The first-order valence-corrected chi connectivity index (χ1v) is 9.08. The van der Waals surface area contributed by atoms with E-state index in [0.717, 1.165) is 15.7 Å². The Kier molecular flexibility index (Phi) is 4.75. The summed E-state index contributed by atoms with van der Waals surface area (Å²) in [5.74, 6) is -0.394. The predicted molar refractivity (Wildman–Crippen MR) is 107 cm³/mol. The number of hydrazone groups is 1. The van der Waals surface area contributed by atoms with E-state index in [1.165, 1.54) is 0 Å². The van der Waals surface area contributed by atoms with Gasteiger partial charge in [-0.2, -0.15) is 5.10 Å². The maximum atomic E-state index is 12.4. The van der Waals surface area contributed by atoms with Crippen molar-refractivity contribution < 1.29 is 5.11 Å². The van der Waals surface area contributed by atoms with E-state index in [1.807, 2.05) is 42.5 Å². The van der Waals surface area contributed by atoms with Gasteiger partial charge in [-0.15, -0.1) is 0 Å². The number of nitrogens with zero attached hydrogens (tertiary/aromatic N) is 2. The van der Waals surface area contributed by atoms with Gasteiger partial charge in [-0.25, -0.2) is 4.79 Å². The molecular weight excluding hydrogens is 380 g/mol. The van der Waals surface area contributed by atoms with E-state index in [0.29, 0.717) is 17.2 Å². The molecule has 2 heterocycles. The molecule has 0 bridgehead atoms. The molecule has 28 heavy (non-hydrogen) atoms. The van der Waals surface area contributed by atoms with Gasteiger partial charge in [0.1, 0.15) is 5.56 Å². The minimum atomic E-state index is -0.670. The van der Waals surface area contributed by atoms with Gasteiger partial charge in [-0.05, 0) is 23.3 Å². The lowest BCUT2D eigenvalue weighted by Gasteiger charge is -2.12. The number of aromatic nitrogens is 2. The van der Waals surface area contributed by atoms with Crippen LogP contribution in [0.25, 0.3) is 0 Å². The Hall–Kier alpha value is -3.32. The van der Waals surface area contributed by atoms with Gasteiger partial charge in [-0.3, -0.25) is 14.3 Å². The van der Waals surface area contributed by atoms with E-state index in [4.69, 9.17) is 11.6 Å². The molecule has 0 radical (unpaired) electrons. The van der Waals surface area contributed by atoms with Crippen LogP contribution in [0.2, 0.25) is 5.02 Å². The van der Waals surface area contributed by atoms with Gasteiger partial charge in [-0.1, -0.05) is 54.1 Å². The summed E-state index contributed by atoms with van der Waals surface area (Å²) < 4.78 is 1.13. The molecule has 1 atom stereocenters. The number of hydrogen-bond acceptors (Lipinski definition) is 5. The van der Waals surface area contributed by atoms with Crippen molar-refractivity contribution in [1.82, 2.24) is 15.0 Å². The normalized spacial score (nSPS) is 15.9. The Labute approximate surface area is 164 Å². The van der Waals surface area contributed by atoms with E-state index in [1.54, 1.807) is 12.1 Å². The number of aromatic hydroxyl groups is 1. The molecule has 0 saturated carbocycles. The highest BCUT2D eigenvalue weighted by atomic mass is 35.5. The van der Waals surface area contributed by atoms with Crippen molar-refractivity contribution in [2.24, 2.45) is 5.10 Å². The van der Waals surface area contributed by atoms with Crippen LogP contribution in [0.4, 0.5) is 0 Å². The minimum absolute atomic E-state index is 0.000468. The molecule has 4 rings (SSSR count). The summed E-state index contributed by atoms with van der Waals surface area (Å²) in [5.41, 5.74) is 3.81. The Morgan fingerprint density at radius 2 is 1.82 bits per heavy atom. The molecule has 0 fully saturated rings. The van der Waals surface area contributed by atoms with Gasteiger partial charge in [0.2, 0.25) is 5.88 Å². The molecule has 0 unspecified atom stereocenters. The van der Waals surface area contributed by atoms with E-state index in [9.17, 15) is 14.7 Å². The molecule has 7 nitrogen and oxygen atoms in total. The highest BCUT2D eigenvalue weighted by Crippen LogP contribution is 2.27. The van der Waals surface area contributed by atoms with Crippen molar-refractivity contribution in [1.29, 1.82) is 0 Å². The lowest BCUT2D eigenvalue weighted by atomic mass is 10.00. The molecule has 0 aliphatic carbocycles. The number of nitrogens with one attached hydrogen (secondary N) is 2. The van der Waals surface area contributed by atoms with Gasteiger partial charge in [0, 0.05) is 11.4 Å². The Bertz CT molecular complexity index is 1150. The first-order valence-electron chi connectivity index (χ1n) is 8.71. The van der Waals surface area contributed by atoms with Gasteiger partial charge >= 0.3 is 5.69 Å². The van der Waals surface area contributed by atoms with Crippen molar-refractivity contribution in [3.8, 4) is 5.88 Å². The average Bonchev–Trinajstić information content (AvgIpc) is 3.16. The fraction of sp³-hybridized carbons (Fsp3) is 0.150. The van der Waals surface area contributed by atoms with Crippen LogP contribution in [-0.2, 0) is 6.54 Å². The van der Waals surface area contributed by atoms with Crippen molar-refractivity contribution >= 4 is 17.3 Å². The third-order valence-corrected chi connectivity index (χ3v) is 4.92. The molecule has 0 amide bonds. The maximum Gasteiger partial charge on any atom is 0.331 e. The molecule has 1 aliphatic heterocycles. The first-order chi connectivity index (χ1) is 13.5. The zero-order chi connectivity index (χ0) is 19.7. The highest BCUT2D eigenvalue weighted by molar-refractivity contribution is 6.30. The molecule has 3 N–H and O–H groups in total. The molecule has 8 heteroatoms. The zero-order valence-electron chi connectivity index (χ0n) is 14.7. The number of benzene rings is 2. The molecule has 1 aromatic heterocycles. The maximum absolute atomic E-state index is 12.4. The molecular formula is C20H17ClN4O3. The second-order valence-electron chi connectivity index (χ2n) is 6.53. The average molecular weight is 397 g/mol. The molecule has 0 saturated heterocycles. The van der Waals surface area contributed by atoms with Crippen LogP contribution in [0.1, 0.15) is 29.2 Å². The summed E-state index contributed by atoms with van der Waals surface area (Å²) in [5, 5.41) is 15.5. The number of H-pyrrole nitrogens is 1. The predicted octanol–water partition coefficient (Wildman–Crippen LogP) is 2.38. The van der Waals surface area contributed by atoms with E-state index < -0.39 is 17.1 Å². The van der Waals surface area contributed by atoms with Crippen LogP contribution in [0.5, 0.6) is 5.88 Å². The zero-order valence-corrected chi connectivity index (χ0v) is 15.5. The van der Waals surface area contributed by atoms with Crippen molar-refractivity contribution in [3.05, 3.63) is 97.1 Å². The van der Waals surface area contributed by atoms with Gasteiger partial charge in [0.05, 0.1) is 18.3 Å². The Morgan fingerprint density at radius 1 is 1.11 bits per heavy atom. The lowest BCUT2D eigenvalue weighted by Crippen LogP contribution is -2.34. The van der Waals surface area contributed by atoms with E-state index >= 15 is 0 Å². The number of rotatable bonds is 4. The monoisotopic (exact) mass is 396 g/mol. The second-order valence-corrected chi connectivity index (χ2v) is 6.96. The van der Waals surface area contributed by atoms with Crippen molar-refractivity contribution in [3.63, 3.8) is 0 Å². The summed E-state index contributed by atoms with van der Waals surface area (Å²) in [4.78, 5) is 26.9. The van der Waals surface area contributed by atoms with Crippen LogP contribution in [0.15, 0.2) is 69.3 Å². The highest BCUT2D eigenvalue weighted by Gasteiger charge is 2.27. The third-order valence-electron chi connectivity index (χ3n) is 4.67. The molecule has 142 valence electrons. The number of hydrogen-bond donors (Lipinski definition) is 3. The Morgan fingerprint density at radius 3 is 2.54 bits per heavy atom. The molecule has 1 aliphatic rings. The fourth-order valence-electron chi connectivity index (χ4n) is 3.22. The summed E-state index contributed by atoms with van der Waals surface area (Å²) >= 11 is 5.92. The smallest absolute Gasteiger partial charge is 0.331 e. The van der Waals surface area contributed by atoms with E-state index in [-0.39, 0.29) is 18.2 Å². The van der Waals surface area contributed by atoms with Crippen LogP contribution < -0.4 is 16.7 Å².